The lowest BCUT2D eigenvalue weighted by atomic mass is 9.96. The van der Waals surface area contributed by atoms with Crippen molar-refractivity contribution in [1.29, 1.82) is 0 Å². The molecule has 0 spiro atoms. The smallest absolute Gasteiger partial charge is 0.257 e. The number of nitrogens with zero attached hydrogens (tertiary/aromatic N) is 3. The van der Waals surface area contributed by atoms with E-state index in [0.29, 0.717) is 29.2 Å². The highest BCUT2D eigenvalue weighted by molar-refractivity contribution is 6.07. The molecule has 4 aromatic rings. The molecule has 0 saturated carbocycles. The summed E-state index contributed by atoms with van der Waals surface area (Å²) in [6.07, 6.45) is -4.04. The van der Waals surface area contributed by atoms with Crippen LogP contribution in [0.4, 0.5) is 0 Å². The summed E-state index contributed by atoms with van der Waals surface area (Å²) in [5.41, 5.74) is 2.93. The zero-order valence-corrected chi connectivity index (χ0v) is 19.4. The predicted octanol–water partition coefficient (Wildman–Crippen LogP) is 0.578. The number of aromatic nitrogens is 3. The van der Waals surface area contributed by atoms with Crippen molar-refractivity contribution < 1.29 is 34.5 Å². The maximum atomic E-state index is 13.2. The van der Waals surface area contributed by atoms with E-state index in [1.165, 1.54) is 0 Å². The molecule has 1 amide bonds. The van der Waals surface area contributed by atoms with Gasteiger partial charge in [0.2, 0.25) is 0 Å². The zero-order chi connectivity index (χ0) is 25.4. The van der Waals surface area contributed by atoms with E-state index in [2.05, 4.69) is 15.5 Å². The van der Waals surface area contributed by atoms with Crippen LogP contribution in [0.15, 0.2) is 59.3 Å². The largest absolute Gasteiger partial charge is 0.394 e. The lowest BCUT2D eigenvalue weighted by Gasteiger charge is -2.40. The van der Waals surface area contributed by atoms with Crippen LogP contribution in [-0.4, -0.2) is 78.3 Å². The van der Waals surface area contributed by atoms with Crippen molar-refractivity contribution in [1.82, 2.24) is 20.0 Å². The molecule has 5 N–H and O–H groups in total. The molecule has 1 unspecified atom stereocenters. The van der Waals surface area contributed by atoms with Gasteiger partial charge in [0.05, 0.1) is 12.2 Å². The second-order valence-corrected chi connectivity index (χ2v) is 8.76. The van der Waals surface area contributed by atoms with Gasteiger partial charge >= 0.3 is 0 Å². The maximum Gasteiger partial charge on any atom is 0.257 e. The van der Waals surface area contributed by atoms with Crippen LogP contribution in [0.3, 0.4) is 0 Å². The molecule has 1 aliphatic heterocycles. The first kappa shape index (κ1) is 24.1. The van der Waals surface area contributed by atoms with Crippen LogP contribution in [0.25, 0.3) is 22.4 Å². The number of carbonyl (C=O) groups excluding carboxylic acids is 1. The second kappa shape index (κ2) is 9.80. The van der Waals surface area contributed by atoms with E-state index in [1.807, 2.05) is 53.1 Å². The van der Waals surface area contributed by atoms with Gasteiger partial charge in [-0.3, -0.25) is 4.79 Å². The molecule has 1 fully saturated rings. The van der Waals surface area contributed by atoms with Gasteiger partial charge in [-0.1, -0.05) is 35.5 Å². The minimum Gasteiger partial charge on any atom is -0.394 e. The van der Waals surface area contributed by atoms with Gasteiger partial charge in [-0.05, 0) is 30.7 Å². The minimum absolute atomic E-state index is 0.335. The number of rotatable bonds is 6. The zero-order valence-electron chi connectivity index (χ0n) is 19.4. The molecule has 2 aromatic heterocycles. The SMILES string of the molecule is Cc1noc(-c2ccc(Cn3cc(C(=O)N[C@H]4C(O)O[C@H](CO)[C@@H](O)[C@@H]4O)c4ccccc43)cc2)n1. The summed E-state index contributed by atoms with van der Waals surface area (Å²) >= 11 is 0. The van der Waals surface area contributed by atoms with Crippen molar-refractivity contribution >= 4 is 16.8 Å². The van der Waals surface area contributed by atoms with Crippen molar-refractivity contribution in [2.24, 2.45) is 0 Å². The average molecular weight is 495 g/mol. The van der Waals surface area contributed by atoms with Gasteiger partial charge in [-0.25, -0.2) is 0 Å². The lowest BCUT2D eigenvalue weighted by molar-refractivity contribution is -0.252. The Morgan fingerprint density at radius 2 is 1.83 bits per heavy atom. The number of hydrogen-bond acceptors (Lipinski definition) is 9. The summed E-state index contributed by atoms with van der Waals surface area (Å²) in [5.74, 6) is 0.450. The number of benzene rings is 2. The number of carbonyl (C=O) groups is 1. The van der Waals surface area contributed by atoms with Gasteiger partial charge in [-0.15, -0.1) is 0 Å². The summed E-state index contributed by atoms with van der Waals surface area (Å²) in [6.45, 7) is 1.65. The van der Waals surface area contributed by atoms with E-state index in [4.69, 9.17) is 9.26 Å². The minimum atomic E-state index is -1.60. The van der Waals surface area contributed by atoms with E-state index < -0.39 is 43.2 Å². The molecule has 3 heterocycles. The van der Waals surface area contributed by atoms with Crippen LogP contribution in [0.5, 0.6) is 0 Å². The molecule has 11 nitrogen and oxygen atoms in total. The Labute approximate surface area is 205 Å². The van der Waals surface area contributed by atoms with Gasteiger partial charge in [0.1, 0.15) is 24.4 Å². The normalized spacial score (nSPS) is 24.2. The molecule has 188 valence electrons. The Morgan fingerprint density at radius 1 is 1.08 bits per heavy atom. The highest BCUT2D eigenvalue weighted by atomic mass is 16.6. The Morgan fingerprint density at radius 3 is 2.53 bits per heavy atom. The summed E-state index contributed by atoms with van der Waals surface area (Å²) in [5, 5.41) is 47.1. The first-order valence-electron chi connectivity index (χ1n) is 11.4. The molecule has 2 aromatic carbocycles. The molecule has 5 rings (SSSR count). The molecule has 0 radical (unpaired) electrons. The third-order valence-electron chi connectivity index (χ3n) is 6.31. The first-order valence-corrected chi connectivity index (χ1v) is 11.4. The van der Waals surface area contributed by atoms with Gasteiger partial charge in [0.15, 0.2) is 12.1 Å². The third-order valence-corrected chi connectivity index (χ3v) is 6.31. The molecule has 0 bridgehead atoms. The van der Waals surface area contributed by atoms with Crippen molar-refractivity contribution in [3.05, 3.63) is 71.7 Å². The van der Waals surface area contributed by atoms with Crippen LogP contribution in [0, 0.1) is 6.92 Å². The fraction of sp³-hybridized carbons (Fsp3) is 0.320. The number of ether oxygens (including phenoxy) is 1. The van der Waals surface area contributed by atoms with E-state index in [-0.39, 0.29) is 0 Å². The average Bonchev–Trinajstić information content (AvgIpc) is 3.48. The highest BCUT2D eigenvalue weighted by Crippen LogP contribution is 2.25. The number of aliphatic hydroxyl groups is 4. The number of amides is 1. The van der Waals surface area contributed by atoms with Gasteiger partial charge < -0.3 is 39.6 Å². The van der Waals surface area contributed by atoms with Crippen molar-refractivity contribution in [3.8, 4) is 11.5 Å². The lowest BCUT2D eigenvalue weighted by Crippen LogP contribution is -2.64. The molecular formula is C25H26N4O7. The molecule has 0 aliphatic carbocycles. The topological polar surface area (TPSA) is 163 Å². The van der Waals surface area contributed by atoms with Crippen molar-refractivity contribution in [2.75, 3.05) is 6.61 Å². The van der Waals surface area contributed by atoms with Crippen LogP contribution in [0.1, 0.15) is 21.7 Å². The van der Waals surface area contributed by atoms with E-state index in [9.17, 15) is 25.2 Å². The highest BCUT2D eigenvalue weighted by Gasteiger charge is 2.44. The summed E-state index contributed by atoms with van der Waals surface area (Å²) in [7, 11) is 0. The predicted molar refractivity (Wildman–Crippen MR) is 127 cm³/mol. The molecule has 11 heteroatoms. The molecular weight excluding hydrogens is 468 g/mol. The summed E-state index contributed by atoms with van der Waals surface area (Å²) in [6, 6.07) is 13.8. The van der Waals surface area contributed by atoms with E-state index in [1.54, 1.807) is 13.1 Å². The molecule has 1 saturated heterocycles. The Hall–Kier alpha value is -3.61. The van der Waals surface area contributed by atoms with Gasteiger partial charge in [0.25, 0.3) is 11.8 Å². The Bertz CT molecular complexity index is 1370. The number of aryl methyl sites for hydroxylation is 1. The summed E-state index contributed by atoms with van der Waals surface area (Å²) < 4.78 is 12.3. The van der Waals surface area contributed by atoms with Gasteiger partial charge in [0, 0.05) is 29.2 Å². The number of aliphatic hydroxyl groups excluding tert-OH is 4. The third kappa shape index (κ3) is 4.50. The molecule has 1 aliphatic rings. The standard InChI is InChI=1S/C25H26N4O7/c1-13-26-24(36-28-13)15-8-6-14(7-9-15)10-29-11-17(16-4-2-3-5-18(16)29)23(33)27-20-22(32)21(31)19(12-30)35-25(20)34/h2-9,11,19-22,25,30-32,34H,10,12H2,1H3,(H,27,33)/t19-,20-,21-,22-,25?/m1/s1. The fourth-order valence-electron chi connectivity index (χ4n) is 4.40. The van der Waals surface area contributed by atoms with Crippen LogP contribution in [-0.2, 0) is 11.3 Å². The number of nitrogens with one attached hydrogen (secondary N) is 1. The first-order chi connectivity index (χ1) is 17.4. The maximum absolute atomic E-state index is 13.2. The van der Waals surface area contributed by atoms with Crippen LogP contribution in [0.2, 0.25) is 0 Å². The summed E-state index contributed by atoms with van der Waals surface area (Å²) in [4.78, 5) is 17.4. The number of para-hydroxylation sites is 1. The number of fused-ring (bicyclic) bond motifs is 1. The van der Waals surface area contributed by atoms with Crippen LogP contribution < -0.4 is 5.32 Å². The number of hydrogen-bond donors (Lipinski definition) is 5. The second-order valence-electron chi connectivity index (χ2n) is 8.76. The van der Waals surface area contributed by atoms with Crippen molar-refractivity contribution in [3.63, 3.8) is 0 Å². The Kier molecular flexibility index (Phi) is 6.56. The van der Waals surface area contributed by atoms with Crippen LogP contribution >= 0.6 is 0 Å². The Balaban J connectivity index is 1.38. The molecule has 36 heavy (non-hydrogen) atoms. The van der Waals surface area contributed by atoms with Crippen molar-refractivity contribution in [2.45, 2.75) is 44.1 Å². The monoisotopic (exact) mass is 494 g/mol. The van der Waals surface area contributed by atoms with Gasteiger partial charge in [-0.2, -0.15) is 4.98 Å². The quantitative estimate of drug-likeness (QED) is 0.258. The fourth-order valence-corrected chi connectivity index (χ4v) is 4.40. The van der Waals surface area contributed by atoms with E-state index in [0.717, 1.165) is 16.6 Å². The molecule has 5 atom stereocenters. The van der Waals surface area contributed by atoms with E-state index >= 15 is 0 Å².